The molecule has 23 heavy (non-hydrogen) atoms. The van der Waals surface area contributed by atoms with Crippen LogP contribution in [-0.2, 0) is 14.8 Å². The summed E-state index contributed by atoms with van der Waals surface area (Å²) < 4.78 is 36.7. The third-order valence-electron chi connectivity index (χ3n) is 3.45. The standard InChI is InChI=1S/C12H15N5O5S/c1-6-13-10(16-12(14-6)21-2)15-11(18)17-23(19,20)9-5-7-3-4-8(9)22-7/h3-4,7-9H,5H2,1-2H3,(H2,13,14,15,16,17,18). The van der Waals surface area contributed by atoms with Crippen LogP contribution < -0.4 is 14.8 Å². The van der Waals surface area contributed by atoms with Gasteiger partial charge in [0.15, 0.2) is 0 Å². The minimum atomic E-state index is -3.88. The number of anilines is 1. The lowest BCUT2D eigenvalue weighted by atomic mass is 10.1. The molecule has 3 unspecified atom stereocenters. The zero-order valence-electron chi connectivity index (χ0n) is 12.4. The van der Waals surface area contributed by atoms with Crippen LogP contribution in [0.1, 0.15) is 12.2 Å². The monoisotopic (exact) mass is 341 g/mol. The molecule has 3 heterocycles. The van der Waals surface area contributed by atoms with Crippen LogP contribution in [0.5, 0.6) is 6.01 Å². The smallest absolute Gasteiger partial charge is 0.335 e. The SMILES string of the molecule is COc1nc(C)nc(NC(=O)NS(=O)(=O)C2CC3C=CC2O3)n1. The summed E-state index contributed by atoms with van der Waals surface area (Å²) in [5.74, 6) is 0.216. The summed E-state index contributed by atoms with van der Waals surface area (Å²) in [4.78, 5) is 23.5. The van der Waals surface area contributed by atoms with E-state index in [4.69, 9.17) is 9.47 Å². The average molecular weight is 341 g/mol. The third-order valence-corrected chi connectivity index (χ3v) is 5.17. The number of carbonyl (C=O) groups is 1. The first kappa shape index (κ1) is 15.6. The van der Waals surface area contributed by atoms with Crippen molar-refractivity contribution in [3.05, 3.63) is 18.0 Å². The lowest BCUT2D eigenvalue weighted by Crippen LogP contribution is -2.44. The van der Waals surface area contributed by atoms with Gasteiger partial charge in [0, 0.05) is 0 Å². The number of fused-ring (bicyclic) bond motifs is 2. The fraction of sp³-hybridized carbons (Fsp3) is 0.500. The number of hydrogen-bond acceptors (Lipinski definition) is 8. The molecule has 11 heteroatoms. The molecule has 2 bridgehead atoms. The van der Waals surface area contributed by atoms with Gasteiger partial charge in [-0.3, -0.25) is 5.32 Å². The fourth-order valence-electron chi connectivity index (χ4n) is 2.47. The summed E-state index contributed by atoms with van der Waals surface area (Å²) in [5.41, 5.74) is 0. The van der Waals surface area contributed by atoms with Crippen LogP contribution in [0.4, 0.5) is 10.7 Å². The van der Waals surface area contributed by atoms with Crippen molar-refractivity contribution in [1.82, 2.24) is 19.7 Å². The minimum Gasteiger partial charge on any atom is -0.467 e. The molecule has 2 aliphatic heterocycles. The van der Waals surface area contributed by atoms with E-state index in [1.165, 1.54) is 7.11 Å². The highest BCUT2D eigenvalue weighted by molar-refractivity contribution is 7.90. The maximum Gasteiger partial charge on any atom is 0.335 e. The van der Waals surface area contributed by atoms with Gasteiger partial charge in [0.25, 0.3) is 0 Å². The van der Waals surface area contributed by atoms with Gasteiger partial charge >= 0.3 is 12.0 Å². The molecule has 0 aromatic carbocycles. The van der Waals surface area contributed by atoms with E-state index in [0.717, 1.165) is 0 Å². The minimum absolute atomic E-state index is 0.0160. The van der Waals surface area contributed by atoms with Crippen LogP contribution in [0.15, 0.2) is 12.2 Å². The number of ether oxygens (including phenoxy) is 2. The van der Waals surface area contributed by atoms with E-state index in [2.05, 4.69) is 20.3 Å². The highest BCUT2D eigenvalue weighted by Crippen LogP contribution is 2.32. The van der Waals surface area contributed by atoms with E-state index in [0.29, 0.717) is 12.2 Å². The number of aromatic nitrogens is 3. The van der Waals surface area contributed by atoms with Crippen LogP contribution in [0.3, 0.4) is 0 Å². The van der Waals surface area contributed by atoms with Gasteiger partial charge in [-0.25, -0.2) is 17.9 Å². The Morgan fingerprint density at radius 1 is 1.35 bits per heavy atom. The lowest BCUT2D eigenvalue weighted by Gasteiger charge is -2.16. The number of sulfonamides is 1. The molecule has 10 nitrogen and oxygen atoms in total. The van der Waals surface area contributed by atoms with E-state index in [1.807, 2.05) is 10.8 Å². The largest absolute Gasteiger partial charge is 0.467 e. The molecule has 1 aromatic heterocycles. The van der Waals surface area contributed by atoms with Crippen molar-refractivity contribution in [3.63, 3.8) is 0 Å². The van der Waals surface area contributed by atoms with Crippen molar-refractivity contribution in [2.45, 2.75) is 30.8 Å². The van der Waals surface area contributed by atoms with Gasteiger partial charge in [-0.15, -0.1) is 0 Å². The first-order valence-corrected chi connectivity index (χ1v) is 8.35. The Bertz CT molecular complexity index is 765. The normalized spacial score (nSPS) is 25.4. The van der Waals surface area contributed by atoms with Crippen molar-refractivity contribution < 1.29 is 22.7 Å². The summed E-state index contributed by atoms with van der Waals surface area (Å²) in [6.07, 6.45) is 3.10. The van der Waals surface area contributed by atoms with E-state index in [1.54, 1.807) is 13.0 Å². The average Bonchev–Trinajstić information content (AvgIpc) is 3.08. The number of nitrogens with one attached hydrogen (secondary N) is 2. The summed E-state index contributed by atoms with van der Waals surface area (Å²) in [7, 11) is -2.51. The third kappa shape index (κ3) is 3.24. The maximum atomic E-state index is 12.2. The van der Waals surface area contributed by atoms with Crippen LogP contribution in [0, 0.1) is 6.92 Å². The second kappa shape index (κ2) is 5.74. The molecular formula is C12H15N5O5S. The number of hydrogen-bond donors (Lipinski definition) is 2. The summed E-state index contributed by atoms with van der Waals surface area (Å²) in [5, 5.41) is 1.46. The number of nitrogens with zero attached hydrogens (tertiary/aromatic N) is 3. The van der Waals surface area contributed by atoms with E-state index in [-0.39, 0.29) is 18.1 Å². The number of methoxy groups -OCH3 is 1. The molecule has 124 valence electrons. The predicted molar refractivity (Wildman–Crippen MR) is 78.4 cm³/mol. The first-order valence-electron chi connectivity index (χ1n) is 6.80. The molecule has 0 saturated carbocycles. The molecule has 1 aromatic rings. The predicted octanol–water partition coefficient (Wildman–Crippen LogP) is -0.264. The number of amides is 2. The number of carbonyl (C=O) groups excluding carboxylic acids is 1. The zero-order chi connectivity index (χ0) is 16.6. The zero-order valence-corrected chi connectivity index (χ0v) is 13.2. The molecule has 3 rings (SSSR count). The summed E-state index contributed by atoms with van der Waals surface area (Å²) >= 11 is 0. The summed E-state index contributed by atoms with van der Waals surface area (Å²) in [6.45, 7) is 1.59. The molecule has 2 amide bonds. The Balaban J connectivity index is 1.67. The highest BCUT2D eigenvalue weighted by atomic mass is 32.2. The number of urea groups is 1. The Morgan fingerprint density at radius 3 is 2.74 bits per heavy atom. The maximum absolute atomic E-state index is 12.2. The molecule has 0 spiro atoms. The van der Waals surface area contributed by atoms with Crippen molar-refractivity contribution in [3.8, 4) is 6.01 Å². The van der Waals surface area contributed by atoms with Crippen LogP contribution in [0.2, 0.25) is 0 Å². The molecule has 2 aliphatic rings. The van der Waals surface area contributed by atoms with Gasteiger partial charge in [0.2, 0.25) is 16.0 Å². The van der Waals surface area contributed by atoms with E-state index >= 15 is 0 Å². The van der Waals surface area contributed by atoms with Crippen LogP contribution in [0.25, 0.3) is 0 Å². The molecule has 1 saturated heterocycles. The Labute approximate surface area is 132 Å². The van der Waals surface area contributed by atoms with Crippen LogP contribution >= 0.6 is 0 Å². The van der Waals surface area contributed by atoms with E-state index < -0.39 is 27.4 Å². The second-order valence-electron chi connectivity index (χ2n) is 5.09. The number of rotatable bonds is 4. The first-order chi connectivity index (χ1) is 10.9. The fourth-order valence-corrected chi connectivity index (χ4v) is 3.89. The molecule has 2 N–H and O–H groups in total. The Hall–Kier alpha value is -2.27. The summed E-state index contributed by atoms with van der Waals surface area (Å²) in [6, 6.07) is -0.938. The van der Waals surface area contributed by atoms with Crippen LogP contribution in [-0.4, -0.2) is 54.0 Å². The topological polar surface area (TPSA) is 132 Å². The molecule has 0 aliphatic carbocycles. The molecule has 1 fully saturated rings. The quantitative estimate of drug-likeness (QED) is 0.716. The van der Waals surface area contributed by atoms with Crippen molar-refractivity contribution in [2.24, 2.45) is 0 Å². The van der Waals surface area contributed by atoms with Crippen molar-refractivity contribution >= 4 is 22.0 Å². The van der Waals surface area contributed by atoms with Gasteiger partial charge in [-0.05, 0) is 13.3 Å². The number of aryl methyl sites for hydroxylation is 1. The molecule has 3 atom stereocenters. The Morgan fingerprint density at radius 2 is 2.13 bits per heavy atom. The second-order valence-corrected chi connectivity index (χ2v) is 6.99. The van der Waals surface area contributed by atoms with Gasteiger partial charge in [-0.2, -0.15) is 15.0 Å². The Kier molecular flexibility index (Phi) is 3.90. The van der Waals surface area contributed by atoms with Gasteiger partial charge in [0.1, 0.15) is 11.1 Å². The van der Waals surface area contributed by atoms with Crippen molar-refractivity contribution in [2.75, 3.05) is 12.4 Å². The van der Waals surface area contributed by atoms with E-state index in [9.17, 15) is 13.2 Å². The molecule has 0 radical (unpaired) electrons. The molecular weight excluding hydrogens is 326 g/mol. The highest BCUT2D eigenvalue weighted by Gasteiger charge is 2.45. The van der Waals surface area contributed by atoms with Crippen molar-refractivity contribution in [1.29, 1.82) is 0 Å². The lowest BCUT2D eigenvalue weighted by molar-refractivity contribution is 0.121. The van der Waals surface area contributed by atoms with Gasteiger partial charge < -0.3 is 9.47 Å². The van der Waals surface area contributed by atoms with Gasteiger partial charge in [0.05, 0.1) is 19.3 Å². The van der Waals surface area contributed by atoms with Gasteiger partial charge in [-0.1, -0.05) is 12.2 Å².